The van der Waals surface area contributed by atoms with Crippen molar-refractivity contribution in [3.63, 3.8) is 0 Å². The lowest BCUT2D eigenvalue weighted by Crippen LogP contribution is -1.97. The van der Waals surface area contributed by atoms with Crippen molar-refractivity contribution in [2.24, 2.45) is 0 Å². The molecule has 0 atom stereocenters. The summed E-state index contributed by atoms with van der Waals surface area (Å²) in [6.45, 7) is 1.82. The highest BCUT2D eigenvalue weighted by Gasteiger charge is 2.14. The first-order valence-corrected chi connectivity index (χ1v) is 5.67. The van der Waals surface area contributed by atoms with Crippen molar-refractivity contribution in [3.05, 3.63) is 23.8 Å². The molecular formula is C14H18O4. The van der Waals surface area contributed by atoms with E-state index in [1.807, 2.05) is 13.0 Å². The van der Waals surface area contributed by atoms with Crippen LogP contribution in [0.5, 0.6) is 17.2 Å². The van der Waals surface area contributed by atoms with E-state index >= 15 is 0 Å². The number of benzene rings is 1. The number of allylic oxidation sites excluding steroid dienone is 1. The molecule has 4 heteroatoms. The van der Waals surface area contributed by atoms with E-state index in [9.17, 15) is 4.79 Å². The van der Waals surface area contributed by atoms with Gasteiger partial charge in [0.05, 0.1) is 21.3 Å². The minimum Gasteiger partial charge on any atom is -0.493 e. The van der Waals surface area contributed by atoms with Crippen LogP contribution in [0.1, 0.15) is 18.9 Å². The van der Waals surface area contributed by atoms with Crippen molar-refractivity contribution in [2.45, 2.75) is 13.3 Å². The van der Waals surface area contributed by atoms with Gasteiger partial charge in [-0.25, -0.2) is 0 Å². The second-order valence-corrected chi connectivity index (χ2v) is 3.58. The molecule has 0 aromatic heterocycles. The summed E-state index contributed by atoms with van der Waals surface area (Å²) in [7, 11) is 4.66. The maximum absolute atomic E-state index is 11.3. The maximum atomic E-state index is 11.3. The molecular weight excluding hydrogens is 232 g/mol. The fourth-order valence-electron chi connectivity index (χ4n) is 1.56. The topological polar surface area (TPSA) is 44.8 Å². The van der Waals surface area contributed by atoms with Crippen LogP contribution in [0.2, 0.25) is 0 Å². The van der Waals surface area contributed by atoms with Crippen LogP contribution < -0.4 is 14.2 Å². The average Bonchev–Trinajstić information content (AvgIpc) is 2.43. The van der Waals surface area contributed by atoms with Gasteiger partial charge in [0.25, 0.3) is 0 Å². The van der Waals surface area contributed by atoms with Gasteiger partial charge in [-0.05, 0) is 24.3 Å². The van der Waals surface area contributed by atoms with Gasteiger partial charge in [0, 0.05) is 12.0 Å². The Morgan fingerprint density at radius 3 is 2.28 bits per heavy atom. The molecule has 1 rings (SSSR count). The zero-order valence-corrected chi connectivity index (χ0v) is 11.1. The third-order valence-corrected chi connectivity index (χ3v) is 2.53. The van der Waals surface area contributed by atoms with E-state index in [1.165, 1.54) is 6.08 Å². The zero-order chi connectivity index (χ0) is 13.5. The van der Waals surface area contributed by atoms with Crippen LogP contribution in [0.3, 0.4) is 0 Å². The zero-order valence-electron chi connectivity index (χ0n) is 11.1. The minimum atomic E-state index is 0.0619. The largest absolute Gasteiger partial charge is 0.493 e. The molecule has 0 unspecified atom stereocenters. The van der Waals surface area contributed by atoms with Gasteiger partial charge >= 0.3 is 0 Å². The Kier molecular flexibility index (Phi) is 5.24. The van der Waals surface area contributed by atoms with E-state index in [-0.39, 0.29) is 5.78 Å². The lowest BCUT2D eigenvalue weighted by atomic mass is 10.1. The smallest absolute Gasteiger partial charge is 0.203 e. The average molecular weight is 250 g/mol. The number of methoxy groups -OCH3 is 3. The molecule has 0 saturated carbocycles. The Bertz CT molecular complexity index is 449. The van der Waals surface area contributed by atoms with Crippen LogP contribution in [0.25, 0.3) is 6.08 Å². The van der Waals surface area contributed by atoms with E-state index in [0.717, 1.165) is 5.56 Å². The second-order valence-electron chi connectivity index (χ2n) is 3.58. The van der Waals surface area contributed by atoms with E-state index in [0.29, 0.717) is 23.7 Å². The SMILES string of the molecule is CCC(=O)C=Cc1ccc(OC)c(OC)c1OC. The minimum absolute atomic E-state index is 0.0619. The highest BCUT2D eigenvalue weighted by Crippen LogP contribution is 2.40. The van der Waals surface area contributed by atoms with Gasteiger partial charge in [0.2, 0.25) is 5.75 Å². The summed E-state index contributed by atoms with van der Waals surface area (Å²) in [6.07, 6.45) is 3.72. The van der Waals surface area contributed by atoms with Gasteiger partial charge < -0.3 is 14.2 Å². The number of rotatable bonds is 6. The van der Waals surface area contributed by atoms with E-state index in [1.54, 1.807) is 33.5 Å². The maximum Gasteiger partial charge on any atom is 0.203 e. The van der Waals surface area contributed by atoms with Crippen LogP contribution in [0, 0.1) is 0 Å². The Morgan fingerprint density at radius 2 is 1.78 bits per heavy atom. The third kappa shape index (κ3) is 3.03. The fraction of sp³-hybridized carbons (Fsp3) is 0.357. The van der Waals surface area contributed by atoms with Crippen LogP contribution in [-0.4, -0.2) is 27.1 Å². The van der Waals surface area contributed by atoms with Gasteiger partial charge in [0.15, 0.2) is 17.3 Å². The predicted octanol–water partition coefficient (Wildman–Crippen LogP) is 2.70. The number of ketones is 1. The Morgan fingerprint density at radius 1 is 1.11 bits per heavy atom. The molecule has 98 valence electrons. The lowest BCUT2D eigenvalue weighted by molar-refractivity contribution is -0.114. The molecule has 0 bridgehead atoms. The molecule has 0 saturated heterocycles. The van der Waals surface area contributed by atoms with Gasteiger partial charge in [-0.15, -0.1) is 0 Å². The molecule has 0 N–H and O–H groups in total. The highest BCUT2D eigenvalue weighted by molar-refractivity contribution is 5.93. The molecule has 18 heavy (non-hydrogen) atoms. The second kappa shape index (κ2) is 6.69. The van der Waals surface area contributed by atoms with E-state index < -0.39 is 0 Å². The van der Waals surface area contributed by atoms with E-state index in [2.05, 4.69) is 0 Å². The summed E-state index contributed by atoms with van der Waals surface area (Å²) in [4.78, 5) is 11.3. The summed E-state index contributed by atoms with van der Waals surface area (Å²) in [5.74, 6) is 1.73. The first-order valence-electron chi connectivity index (χ1n) is 5.67. The molecule has 0 spiro atoms. The van der Waals surface area contributed by atoms with Crippen molar-refractivity contribution >= 4 is 11.9 Å². The molecule has 0 aliphatic carbocycles. The summed E-state index contributed by atoms with van der Waals surface area (Å²) in [6, 6.07) is 3.59. The number of hydrogen-bond acceptors (Lipinski definition) is 4. The van der Waals surface area contributed by atoms with Crippen molar-refractivity contribution in [3.8, 4) is 17.2 Å². The van der Waals surface area contributed by atoms with Crippen LogP contribution >= 0.6 is 0 Å². The highest BCUT2D eigenvalue weighted by atomic mass is 16.5. The molecule has 0 aliphatic heterocycles. The normalized spacial score (nSPS) is 10.4. The molecule has 0 aliphatic rings. The molecule has 0 amide bonds. The Hall–Kier alpha value is -1.97. The summed E-state index contributed by atoms with van der Waals surface area (Å²) >= 11 is 0. The van der Waals surface area contributed by atoms with Crippen molar-refractivity contribution in [1.82, 2.24) is 0 Å². The summed E-state index contributed by atoms with van der Waals surface area (Å²) < 4.78 is 15.8. The number of ether oxygens (including phenoxy) is 3. The first kappa shape index (κ1) is 14.1. The van der Waals surface area contributed by atoms with Crippen molar-refractivity contribution in [2.75, 3.05) is 21.3 Å². The monoisotopic (exact) mass is 250 g/mol. The number of hydrogen-bond donors (Lipinski definition) is 0. The lowest BCUT2D eigenvalue weighted by Gasteiger charge is -2.13. The quantitative estimate of drug-likeness (QED) is 0.728. The molecule has 1 aromatic carbocycles. The first-order chi connectivity index (χ1) is 8.67. The van der Waals surface area contributed by atoms with Gasteiger partial charge in [-0.2, -0.15) is 0 Å². The number of carbonyl (C=O) groups is 1. The molecule has 0 fully saturated rings. The van der Waals surface area contributed by atoms with Gasteiger partial charge in [-0.1, -0.05) is 6.92 Å². The van der Waals surface area contributed by atoms with Crippen LogP contribution in [-0.2, 0) is 4.79 Å². The van der Waals surface area contributed by atoms with Crippen molar-refractivity contribution in [1.29, 1.82) is 0 Å². The molecule has 1 aromatic rings. The fourth-order valence-corrected chi connectivity index (χ4v) is 1.56. The molecule has 0 heterocycles. The van der Waals surface area contributed by atoms with Gasteiger partial charge in [0.1, 0.15) is 0 Å². The van der Waals surface area contributed by atoms with Gasteiger partial charge in [-0.3, -0.25) is 4.79 Å². The standard InChI is InChI=1S/C14H18O4/c1-5-11(15)8-6-10-7-9-12(16-2)14(18-4)13(10)17-3/h6-9H,5H2,1-4H3. The Labute approximate surface area is 107 Å². The van der Waals surface area contributed by atoms with Crippen LogP contribution in [0.15, 0.2) is 18.2 Å². The molecule has 0 radical (unpaired) electrons. The van der Waals surface area contributed by atoms with Crippen LogP contribution in [0.4, 0.5) is 0 Å². The predicted molar refractivity (Wildman–Crippen MR) is 70.4 cm³/mol. The summed E-state index contributed by atoms with van der Waals surface area (Å²) in [5, 5.41) is 0. The molecule has 4 nitrogen and oxygen atoms in total. The third-order valence-electron chi connectivity index (χ3n) is 2.53. The van der Waals surface area contributed by atoms with Crippen molar-refractivity contribution < 1.29 is 19.0 Å². The summed E-state index contributed by atoms with van der Waals surface area (Å²) in [5.41, 5.74) is 0.775. The van der Waals surface area contributed by atoms with E-state index in [4.69, 9.17) is 14.2 Å². The Balaban J connectivity index is 3.20. The number of carbonyl (C=O) groups excluding carboxylic acids is 1.